The fraction of sp³-hybridized carbons (Fsp3) is 0. The SMILES string of the molecule is c1ccc([Si]2(c3ccccc3)c3ccccc3Sc3c(Oc4ccc5c6ccccc6n6ccnc6c5c4)cc4c(c32)c2ccccc2n4-c2ccccn2)cc1. The summed E-state index contributed by atoms with van der Waals surface area (Å²) in [6.07, 6.45) is 5.79. The maximum atomic E-state index is 7.33. The number of imidazole rings is 1. The van der Waals surface area contributed by atoms with E-state index in [1.54, 1.807) is 0 Å². The Balaban J connectivity index is 1.23. The molecule has 7 heteroatoms. The zero-order valence-corrected chi connectivity index (χ0v) is 32.4. The molecule has 1 aliphatic rings. The Labute approximate surface area is 333 Å². The third-order valence-electron chi connectivity index (χ3n) is 11.6. The summed E-state index contributed by atoms with van der Waals surface area (Å²) in [7, 11) is -3.04. The van der Waals surface area contributed by atoms with E-state index < -0.39 is 8.07 Å². The Bertz CT molecular complexity index is 3320. The summed E-state index contributed by atoms with van der Waals surface area (Å²) in [4.78, 5) is 12.2. The number of para-hydroxylation sites is 2. The van der Waals surface area contributed by atoms with Crippen molar-refractivity contribution in [2.24, 2.45) is 0 Å². The van der Waals surface area contributed by atoms with Crippen LogP contribution in [0.25, 0.3) is 54.9 Å². The molecule has 0 radical (unpaired) electrons. The smallest absolute Gasteiger partial charge is 0.182 e. The van der Waals surface area contributed by atoms with Crippen molar-refractivity contribution < 1.29 is 4.74 Å². The maximum absolute atomic E-state index is 7.33. The standard InChI is InChI=1S/C50H32N4OSSi/c1-3-15-34(16-4-1)57(35-17-5-2-6-18-35)45-24-12-11-23-44(45)56-48-43(32-42-47(49(48)57)38-20-8-10-22-41(38)54(42)46-25-13-14-28-51-46)55-33-26-27-36-37-19-7-9-21-40(37)53-30-29-52-50(53)39(36)31-33/h1-32H. The van der Waals surface area contributed by atoms with Crippen molar-refractivity contribution >= 4 is 89.7 Å². The number of nitrogens with zero attached hydrogens (tertiary/aromatic N) is 4. The second-order valence-electron chi connectivity index (χ2n) is 14.5. The van der Waals surface area contributed by atoms with Crippen molar-refractivity contribution in [1.82, 2.24) is 18.9 Å². The number of hydrogen-bond acceptors (Lipinski definition) is 4. The van der Waals surface area contributed by atoms with Crippen molar-refractivity contribution in [2.75, 3.05) is 0 Å². The van der Waals surface area contributed by atoms with Gasteiger partial charge in [0.2, 0.25) is 0 Å². The number of hydrogen-bond donors (Lipinski definition) is 0. The Kier molecular flexibility index (Phi) is 7.11. The second-order valence-corrected chi connectivity index (χ2v) is 19.3. The minimum atomic E-state index is -3.04. The molecule has 0 amide bonds. The van der Waals surface area contributed by atoms with Crippen LogP contribution in [0, 0.1) is 0 Å². The van der Waals surface area contributed by atoms with Crippen LogP contribution in [0.5, 0.6) is 11.5 Å². The largest absolute Gasteiger partial charge is 0.456 e. The summed E-state index contributed by atoms with van der Waals surface area (Å²) in [5.41, 5.74) is 4.21. The second kappa shape index (κ2) is 12.5. The lowest BCUT2D eigenvalue weighted by atomic mass is 10.1. The lowest BCUT2D eigenvalue weighted by Gasteiger charge is -2.41. The average molecular weight is 765 g/mol. The van der Waals surface area contributed by atoms with E-state index in [2.05, 4.69) is 179 Å². The first-order valence-electron chi connectivity index (χ1n) is 19.1. The summed E-state index contributed by atoms with van der Waals surface area (Å²) >= 11 is 1.83. The van der Waals surface area contributed by atoms with Crippen molar-refractivity contribution in [3.05, 3.63) is 195 Å². The fourth-order valence-corrected chi connectivity index (χ4v) is 16.6. The van der Waals surface area contributed by atoms with Gasteiger partial charge in [-0.3, -0.25) is 8.97 Å². The molecule has 0 spiro atoms. The van der Waals surface area contributed by atoms with Gasteiger partial charge in [0, 0.05) is 51.1 Å². The molecule has 0 saturated heterocycles. The number of ether oxygens (including phenoxy) is 1. The summed E-state index contributed by atoms with van der Waals surface area (Å²) < 4.78 is 11.8. The third-order valence-corrected chi connectivity index (χ3v) is 18.0. The van der Waals surface area contributed by atoms with E-state index in [-0.39, 0.29) is 0 Å². The molecule has 268 valence electrons. The Morgan fingerprint density at radius 1 is 0.526 bits per heavy atom. The van der Waals surface area contributed by atoms with Crippen LogP contribution in [0.15, 0.2) is 204 Å². The van der Waals surface area contributed by atoms with E-state index in [1.165, 1.54) is 41.8 Å². The predicted octanol–water partition coefficient (Wildman–Crippen LogP) is 9.77. The number of fused-ring (bicyclic) bond motifs is 12. The minimum Gasteiger partial charge on any atom is -0.456 e. The first kappa shape index (κ1) is 32.3. The number of aromatic nitrogens is 4. The van der Waals surface area contributed by atoms with Gasteiger partial charge >= 0.3 is 0 Å². The maximum Gasteiger partial charge on any atom is 0.182 e. The van der Waals surface area contributed by atoms with E-state index in [0.29, 0.717) is 0 Å². The molecule has 5 nitrogen and oxygen atoms in total. The quantitative estimate of drug-likeness (QED) is 0.129. The van der Waals surface area contributed by atoms with Crippen LogP contribution in [-0.2, 0) is 0 Å². The molecule has 12 rings (SSSR count). The molecule has 0 N–H and O–H groups in total. The molecule has 4 aromatic heterocycles. The highest BCUT2D eigenvalue weighted by molar-refractivity contribution is 8.00. The molecule has 11 aromatic rings. The van der Waals surface area contributed by atoms with Gasteiger partial charge in [0.05, 0.1) is 21.4 Å². The zero-order valence-electron chi connectivity index (χ0n) is 30.6. The molecule has 0 saturated carbocycles. The number of benzene rings is 7. The topological polar surface area (TPSA) is 44.4 Å². The summed E-state index contributed by atoms with van der Waals surface area (Å²) in [6, 6.07) is 63.6. The van der Waals surface area contributed by atoms with Crippen molar-refractivity contribution in [3.8, 4) is 17.3 Å². The van der Waals surface area contributed by atoms with Crippen LogP contribution in [0.3, 0.4) is 0 Å². The lowest BCUT2D eigenvalue weighted by Crippen LogP contribution is -2.76. The van der Waals surface area contributed by atoms with Crippen LogP contribution < -0.4 is 25.5 Å². The van der Waals surface area contributed by atoms with Gasteiger partial charge in [-0.05, 0) is 74.7 Å². The van der Waals surface area contributed by atoms with Crippen LogP contribution in [0.4, 0.5) is 0 Å². The van der Waals surface area contributed by atoms with Gasteiger partial charge < -0.3 is 4.74 Å². The van der Waals surface area contributed by atoms with E-state index in [4.69, 9.17) is 14.7 Å². The van der Waals surface area contributed by atoms with Crippen molar-refractivity contribution in [2.45, 2.75) is 9.79 Å². The lowest BCUT2D eigenvalue weighted by molar-refractivity contribution is 0.473. The highest BCUT2D eigenvalue weighted by atomic mass is 32.2. The fourth-order valence-electron chi connectivity index (χ4n) is 9.35. The van der Waals surface area contributed by atoms with Gasteiger partial charge in [0.1, 0.15) is 23.0 Å². The van der Waals surface area contributed by atoms with Crippen LogP contribution in [0.2, 0.25) is 0 Å². The molecular weight excluding hydrogens is 733 g/mol. The predicted molar refractivity (Wildman–Crippen MR) is 237 cm³/mol. The van der Waals surface area contributed by atoms with Gasteiger partial charge in [0.15, 0.2) is 8.07 Å². The Morgan fingerprint density at radius 3 is 2.02 bits per heavy atom. The van der Waals surface area contributed by atoms with Crippen LogP contribution >= 0.6 is 11.8 Å². The molecule has 0 unspecified atom stereocenters. The van der Waals surface area contributed by atoms with Crippen LogP contribution in [-0.4, -0.2) is 27.0 Å². The first-order chi connectivity index (χ1) is 28.3. The minimum absolute atomic E-state index is 0.760. The van der Waals surface area contributed by atoms with Crippen molar-refractivity contribution in [1.29, 1.82) is 0 Å². The van der Waals surface area contributed by atoms with Crippen molar-refractivity contribution in [3.63, 3.8) is 0 Å². The normalized spacial score (nSPS) is 13.3. The number of pyridine rings is 2. The number of rotatable bonds is 5. The zero-order chi connectivity index (χ0) is 37.5. The van der Waals surface area contributed by atoms with Gasteiger partial charge in [-0.1, -0.05) is 133 Å². The van der Waals surface area contributed by atoms with E-state index in [1.807, 2.05) is 36.4 Å². The molecule has 0 aliphatic carbocycles. The molecule has 5 heterocycles. The molecule has 0 bridgehead atoms. The Hall–Kier alpha value is -6.93. The van der Waals surface area contributed by atoms with Gasteiger partial charge in [-0.25, -0.2) is 9.97 Å². The van der Waals surface area contributed by atoms with Gasteiger partial charge in [-0.15, -0.1) is 0 Å². The monoisotopic (exact) mass is 764 g/mol. The molecule has 1 aliphatic heterocycles. The molecule has 57 heavy (non-hydrogen) atoms. The summed E-state index contributed by atoms with van der Waals surface area (Å²) in [5, 5.41) is 11.2. The average Bonchev–Trinajstić information content (AvgIpc) is 3.91. The molecule has 0 atom stereocenters. The molecular formula is C50H32N4OSSi. The van der Waals surface area contributed by atoms with Gasteiger partial charge in [0.25, 0.3) is 0 Å². The van der Waals surface area contributed by atoms with E-state index >= 15 is 0 Å². The summed E-state index contributed by atoms with van der Waals surface area (Å²) in [5.74, 6) is 2.44. The highest BCUT2D eigenvalue weighted by Gasteiger charge is 2.49. The third kappa shape index (κ3) is 4.64. The van der Waals surface area contributed by atoms with E-state index in [9.17, 15) is 0 Å². The summed E-state index contributed by atoms with van der Waals surface area (Å²) in [6.45, 7) is 0. The highest BCUT2D eigenvalue weighted by Crippen LogP contribution is 2.46. The van der Waals surface area contributed by atoms with Gasteiger partial charge in [-0.2, -0.15) is 0 Å². The molecule has 7 aromatic carbocycles. The molecule has 0 fully saturated rings. The first-order valence-corrected chi connectivity index (χ1v) is 22.0. The van der Waals surface area contributed by atoms with E-state index in [0.717, 1.165) is 55.2 Å². The van der Waals surface area contributed by atoms with Crippen LogP contribution in [0.1, 0.15) is 0 Å². The Morgan fingerprint density at radius 2 is 1.23 bits per heavy atom.